The van der Waals surface area contributed by atoms with Crippen LogP contribution < -0.4 is 0 Å². The molecule has 2 rings (SSSR count). The first-order chi connectivity index (χ1) is 10.4. The quantitative estimate of drug-likeness (QED) is 0.482. The third-order valence-corrected chi connectivity index (χ3v) is 3.07. The average molecular weight is 304 g/mol. The van der Waals surface area contributed by atoms with Gasteiger partial charge in [0.05, 0.1) is 0 Å². The summed E-state index contributed by atoms with van der Waals surface area (Å²) < 4.78 is 32.2. The van der Waals surface area contributed by atoms with Crippen LogP contribution in [-0.4, -0.2) is 17.7 Å². The largest absolute Gasteiger partial charge is 0.456 e. The highest BCUT2D eigenvalue weighted by molar-refractivity contribution is 6.13. The Hall–Kier alpha value is -2.56. The zero-order valence-electron chi connectivity index (χ0n) is 11.9. The van der Waals surface area contributed by atoms with Gasteiger partial charge in [0.25, 0.3) is 0 Å². The van der Waals surface area contributed by atoms with Gasteiger partial charge in [-0.1, -0.05) is 60.2 Å². The number of aryl methyl sites for hydroxylation is 1. The molecule has 114 valence electrons. The molecule has 0 aliphatic carbocycles. The number of ether oxygens (including phenoxy) is 1. The van der Waals surface area contributed by atoms with Crippen molar-refractivity contribution in [1.29, 1.82) is 0 Å². The predicted octanol–water partition coefficient (Wildman–Crippen LogP) is 3.56. The second-order valence-electron chi connectivity index (χ2n) is 4.83. The lowest BCUT2D eigenvalue weighted by Gasteiger charge is -2.14. The highest BCUT2D eigenvalue weighted by Crippen LogP contribution is 2.22. The van der Waals surface area contributed by atoms with Crippen LogP contribution in [0.1, 0.15) is 21.5 Å². The van der Waals surface area contributed by atoms with Crippen molar-refractivity contribution >= 4 is 11.8 Å². The van der Waals surface area contributed by atoms with Gasteiger partial charge in [0, 0.05) is 5.56 Å². The highest BCUT2D eigenvalue weighted by atomic mass is 19.3. The average Bonchev–Trinajstić information content (AvgIpc) is 2.54. The van der Waals surface area contributed by atoms with Crippen molar-refractivity contribution in [2.75, 3.05) is 0 Å². The monoisotopic (exact) mass is 304 g/mol. The number of Topliss-reactive ketones (excluding diaryl/α,β-unsaturated/α-hetero) is 1. The van der Waals surface area contributed by atoms with Crippen LogP contribution in [0.3, 0.4) is 0 Å². The molecule has 0 aliphatic heterocycles. The second-order valence-corrected chi connectivity index (χ2v) is 4.83. The molecule has 0 atom stereocenters. The molecule has 2 aromatic rings. The molecule has 0 bridgehead atoms. The lowest BCUT2D eigenvalue weighted by Crippen LogP contribution is -2.39. The van der Waals surface area contributed by atoms with E-state index in [1.54, 1.807) is 30.3 Å². The third kappa shape index (κ3) is 3.55. The van der Waals surface area contributed by atoms with E-state index in [0.717, 1.165) is 5.56 Å². The van der Waals surface area contributed by atoms with Gasteiger partial charge in [0.2, 0.25) is 5.78 Å². The van der Waals surface area contributed by atoms with Crippen LogP contribution in [0, 0.1) is 6.92 Å². The van der Waals surface area contributed by atoms with Crippen LogP contribution in [0.15, 0.2) is 54.6 Å². The van der Waals surface area contributed by atoms with E-state index in [1.165, 1.54) is 24.3 Å². The number of alkyl halides is 2. The van der Waals surface area contributed by atoms with E-state index < -0.39 is 17.7 Å². The maximum absolute atomic E-state index is 13.8. The van der Waals surface area contributed by atoms with Crippen molar-refractivity contribution < 1.29 is 23.1 Å². The summed E-state index contributed by atoms with van der Waals surface area (Å²) in [5.41, 5.74) is 1.33. The number of hydrogen-bond donors (Lipinski definition) is 0. The zero-order valence-corrected chi connectivity index (χ0v) is 11.9. The fourth-order valence-electron chi connectivity index (χ4n) is 1.79. The summed E-state index contributed by atoms with van der Waals surface area (Å²) in [6, 6.07) is 13.8. The Morgan fingerprint density at radius 3 is 2.18 bits per heavy atom. The fourth-order valence-corrected chi connectivity index (χ4v) is 1.79. The molecule has 0 fully saturated rings. The van der Waals surface area contributed by atoms with E-state index in [-0.39, 0.29) is 12.2 Å². The van der Waals surface area contributed by atoms with Gasteiger partial charge < -0.3 is 4.74 Å². The second kappa shape index (κ2) is 6.47. The molecular weight excluding hydrogens is 290 g/mol. The summed E-state index contributed by atoms with van der Waals surface area (Å²) in [5.74, 6) is -7.62. The SMILES string of the molecule is Cc1ccc(COC(=O)C(F)(F)C(=O)c2ccccc2)cc1. The molecular formula is C17H14F2O3. The van der Waals surface area contributed by atoms with Crippen LogP contribution in [0.25, 0.3) is 0 Å². The van der Waals surface area contributed by atoms with E-state index in [9.17, 15) is 18.4 Å². The van der Waals surface area contributed by atoms with Gasteiger partial charge in [-0.2, -0.15) is 8.78 Å². The molecule has 0 heterocycles. The first-order valence-corrected chi connectivity index (χ1v) is 6.61. The molecule has 0 unspecified atom stereocenters. The molecule has 0 radical (unpaired) electrons. The summed E-state index contributed by atoms with van der Waals surface area (Å²) in [5, 5.41) is 0. The maximum Gasteiger partial charge on any atom is 0.404 e. The van der Waals surface area contributed by atoms with Crippen molar-refractivity contribution in [2.24, 2.45) is 0 Å². The Bertz CT molecular complexity index is 664. The van der Waals surface area contributed by atoms with Crippen LogP contribution in [0.5, 0.6) is 0 Å². The minimum atomic E-state index is -4.20. The van der Waals surface area contributed by atoms with Crippen LogP contribution in [0.2, 0.25) is 0 Å². The van der Waals surface area contributed by atoms with Crippen molar-refractivity contribution in [3.63, 3.8) is 0 Å². The van der Waals surface area contributed by atoms with Gasteiger partial charge in [-0.15, -0.1) is 0 Å². The number of halogens is 2. The molecule has 0 aromatic heterocycles. The number of benzene rings is 2. The minimum absolute atomic E-state index is 0.236. The highest BCUT2D eigenvalue weighted by Gasteiger charge is 2.49. The molecule has 3 nitrogen and oxygen atoms in total. The lowest BCUT2D eigenvalue weighted by molar-refractivity contribution is -0.166. The first-order valence-electron chi connectivity index (χ1n) is 6.61. The summed E-state index contributed by atoms with van der Waals surface area (Å²) in [4.78, 5) is 23.2. The molecule has 0 amide bonds. The molecule has 5 heteroatoms. The number of ketones is 1. The number of hydrogen-bond acceptors (Lipinski definition) is 3. The molecule has 22 heavy (non-hydrogen) atoms. The van der Waals surface area contributed by atoms with E-state index in [4.69, 9.17) is 0 Å². The summed E-state index contributed by atoms with van der Waals surface area (Å²) in [6.45, 7) is 1.57. The van der Waals surface area contributed by atoms with Crippen molar-refractivity contribution in [3.05, 3.63) is 71.3 Å². The number of esters is 1. The Morgan fingerprint density at radius 2 is 1.59 bits per heavy atom. The number of rotatable bonds is 5. The van der Waals surface area contributed by atoms with Crippen molar-refractivity contribution in [3.8, 4) is 0 Å². The van der Waals surface area contributed by atoms with Crippen LogP contribution in [0.4, 0.5) is 8.78 Å². The third-order valence-electron chi connectivity index (χ3n) is 3.07. The first kappa shape index (κ1) is 15.8. The van der Waals surface area contributed by atoms with Crippen LogP contribution >= 0.6 is 0 Å². The normalized spacial score (nSPS) is 11.0. The lowest BCUT2D eigenvalue weighted by atomic mass is 10.1. The van der Waals surface area contributed by atoms with E-state index in [2.05, 4.69) is 4.74 Å². The van der Waals surface area contributed by atoms with Crippen molar-refractivity contribution in [1.82, 2.24) is 0 Å². The van der Waals surface area contributed by atoms with Gasteiger partial charge in [0.15, 0.2) is 0 Å². The minimum Gasteiger partial charge on any atom is -0.456 e. The fraction of sp³-hybridized carbons (Fsp3) is 0.176. The Balaban J connectivity index is 2.04. The smallest absolute Gasteiger partial charge is 0.404 e. The molecule has 0 saturated heterocycles. The number of carbonyl (C=O) groups is 2. The van der Waals surface area contributed by atoms with Crippen LogP contribution in [-0.2, 0) is 16.1 Å². The molecule has 0 saturated carbocycles. The van der Waals surface area contributed by atoms with Gasteiger partial charge in [0.1, 0.15) is 6.61 Å². The van der Waals surface area contributed by atoms with E-state index in [1.807, 2.05) is 6.92 Å². The standard InChI is InChI=1S/C17H14F2O3/c1-12-7-9-13(10-8-12)11-22-16(21)17(18,19)15(20)14-5-3-2-4-6-14/h2-10H,11H2,1H3. The molecule has 2 aromatic carbocycles. The maximum atomic E-state index is 13.8. The molecule has 0 aliphatic rings. The Kier molecular flexibility index (Phi) is 4.65. The van der Waals surface area contributed by atoms with Gasteiger partial charge in [-0.05, 0) is 12.5 Å². The Labute approximate surface area is 126 Å². The number of carbonyl (C=O) groups excluding carboxylic acids is 2. The zero-order chi connectivity index (χ0) is 16.2. The Morgan fingerprint density at radius 1 is 1.00 bits per heavy atom. The summed E-state index contributed by atoms with van der Waals surface area (Å²) in [6.07, 6.45) is 0. The van der Waals surface area contributed by atoms with E-state index in [0.29, 0.717) is 5.56 Å². The summed E-state index contributed by atoms with van der Waals surface area (Å²) in [7, 11) is 0. The summed E-state index contributed by atoms with van der Waals surface area (Å²) >= 11 is 0. The van der Waals surface area contributed by atoms with Gasteiger partial charge in [-0.3, -0.25) is 4.79 Å². The van der Waals surface area contributed by atoms with Gasteiger partial charge >= 0.3 is 11.9 Å². The van der Waals surface area contributed by atoms with Gasteiger partial charge in [-0.25, -0.2) is 4.79 Å². The topological polar surface area (TPSA) is 43.4 Å². The van der Waals surface area contributed by atoms with E-state index >= 15 is 0 Å². The predicted molar refractivity (Wildman–Crippen MR) is 76.7 cm³/mol. The molecule has 0 spiro atoms. The van der Waals surface area contributed by atoms with Crippen molar-refractivity contribution in [2.45, 2.75) is 19.5 Å². The molecule has 0 N–H and O–H groups in total.